The van der Waals surface area contributed by atoms with Crippen molar-refractivity contribution in [1.82, 2.24) is 10.2 Å². The number of hydrogen-bond donors (Lipinski definition) is 1. The molecule has 1 atom stereocenters. The van der Waals surface area contributed by atoms with E-state index in [1.165, 1.54) is 28.6 Å². The highest BCUT2D eigenvalue weighted by Crippen LogP contribution is 2.37. The van der Waals surface area contributed by atoms with Crippen LogP contribution in [0.3, 0.4) is 0 Å². The third-order valence-corrected chi connectivity index (χ3v) is 5.51. The van der Waals surface area contributed by atoms with E-state index < -0.39 is 0 Å². The van der Waals surface area contributed by atoms with Gasteiger partial charge in [-0.2, -0.15) is 0 Å². The lowest BCUT2D eigenvalue weighted by Gasteiger charge is -2.25. The minimum Gasteiger partial charge on any atom is -0.309 e. The normalized spacial score (nSPS) is 19.2. The molecule has 0 saturated heterocycles. The fourth-order valence-electron chi connectivity index (χ4n) is 2.67. The summed E-state index contributed by atoms with van der Waals surface area (Å²) in [6.45, 7) is 9.02. The molecule has 0 aliphatic heterocycles. The molecule has 0 fully saturated rings. The molecule has 0 bridgehead atoms. The highest BCUT2D eigenvalue weighted by atomic mass is 79.9. The van der Waals surface area contributed by atoms with E-state index in [4.69, 9.17) is 0 Å². The van der Waals surface area contributed by atoms with E-state index in [1.807, 2.05) is 11.3 Å². The Labute approximate surface area is 123 Å². The van der Waals surface area contributed by atoms with Gasteiger partial charge in [-0.05, 0) is 59.9 Å². The Balaban J connectivity index is 1.87. The number of thiophene rings is 1. The SMILES string of the molecule is CCN(CC)CCNC1CCCc2sc(Br)cc21. The maximum atomic E-state index is 3.73. The number of rotatable bonds is 6. The molecule has 0 spiro atoms. The number of nitrogens with zero attached hydrogens (tertiary/aromatic N) is 1. The number of fused-ring (bicyclic) bond motifs is 1. The van der Waals surface area contributed by atoms with Crippen LogP contribution >= 0.6 is 27.3 Å². The van der Waals surface area contributed by atoms with Crippen LogP contribution in [0.1, 0.15) is 43.2 Å². The van der Waals surface area contributed by atoms with Gasteiger partial charge >= 0.3 is 0 Å². The van der Waals surface area contributed by atoms with Gasteiger partial charge in [0.1, 0.15) is 0 Å². The first-order valence-electron chi connectivity index (χ1n) is 6.98. The second-order valence-electron chi connectivity index (χ2n) is 4.85. The fourth-order valence-corrected chi connectivity index (χ4v) is 4.49. The summed E-state index contributed by atoms with van der Waals surface area (Å²) in [4.78, 5) is 4.05. The van der Waals surface area contributed by atoms with Gasteiger partial charge in [0.2, 0.25) is 0 Å². The van der Waals surface area contributed by atoms with Gasteiger partial charge in [0.15, 0.2) is 0 Å². The molecule has 1 N–H and O–H groups in total. The average Bonchev–Trinajstić information content (AvgIpc) is 2.75. The second kappa shape index (κ2) is 7.04. The zero-order valence-corrected chi connectivity index (χ0v) is 13.7. The third-order valence-electron chi connectivity index (χ3n) is 3.80. The molecule has 2 rings (SSSR count). The lowest BCUT2D eigenvalue weighted by molar-refractivity contribution is 0.293. The molecule has 0 amide bonds. The van der Waals surface area contributed by atoms with Crippen molar-refractivity contribution in [2.45, 2.75) is 39.2 Å². The first-order valence-corrected chi connectivity index (χ1v) is 8.59. The van der Waals surface area contributed by atoms with Gasteiger partial charge in [-0.3, -0.25) is 0 Å². The lowest BCUT2D eigenvalue weighted by Crippen LogP contribution is -2.34. The van der Waals surface area contributed by atoms with E-state index in [2.05, 4.69) is 46.1 Å². The fraction of sp³-hybridized carbons (Fsp3) is 0.714. The van der Waals surface area contributed by atoms with E-state index in [0.29, 0.717) is 6.04 Å². The van der Waals surface area contributed by atoms with E-state index >= 15 is 0 Å². The van der Waals surface area contributed by atoms with Crippen LogP contribution in [0, 0.1) is 0 Å². The van der Waals surface area contributed by atoms with Gasteiger partial charge in [-0.15, -0.1) is 11.3 Å². The van der Waals surface area contributed by atoms with Gasteiger partial charge in [0.25, 0.3) is 0 Å². The minimum atomic E-state index is 0.576. The first kappa shape index (κ1) is 14.5. The number of nitrogens with one attached hydrogen (secondary N) is 1. The first-order chi connectivity index (χ1) is 8.74. The van der Waals surface area contributed by atoms with E-state index in [9.17, 15) is 0 Å². The van der Waals surface area contributed by atoms with Gasteiger partial charge in [-0.25, -0.2) is 0 Å². The number of aryl methyl sites for hydroxylation is 1. The predicted molar refractivity (Wildman–Crippen MR) is 83.5 cm³/mol. The average molecular weight is 331 g/mol. The number of likely N-dealkylation sites (N-methyl/N-ethyl adjacent to an activating group) is 1. The topological polar surface area (TPSA) is 15.3 Å². The summed E-state index contributed by atoms with van der Waals surface area (Å²) in [6, 6.07) is 2.89. The molecular weight excluding hydrogens is 308 g/mol. The zero-order chi connectivity index (χ0) is 13.0. The Hall–Kier alpha value is 0.100. The van der Waals surface area contributed by atoms with Crippen LogP contribution in [0.25, 0.3) is 0 Å². The van der Waals surface area contributed by atoms with Gasteiger partial charge in [0.05, 0.1) is 3.79 Å². The summed E-state index contributed by atoms with van der Waals surface area (Å²) in [5, 5.41) is 3.73. The quantitative estimate of drug-likeness (QED) is 0.852. The van der Waals surface area contributed by atoms with Crippen molar-refractivity contribution in [3.63, 3.8) is 0 Å². The summed E-state index contributed by atoms with van der Waals surface area (Å²) < 4.78 is 1.28. The van der Waals surface area contributed by atoms with Gasteiger partial charge in [-0.1, -0.05) is 13.8 Å². The maximum Gasteiger partial charge on any atom is 0.0704 e. The van der Waals surface area contributed by atoms with Crippen molar-refractivity contribution < 1.29 is 0 Å². The standard InChI is InChI=1S/C14H23BrN2S/c1-3-17(4-2)9-8-16-12-6-5-7-13-11(12)10-14(15)18-13/h10,12,16H,3-9H2,1-2H3. The molecule has 0 saturated carbocycles. The van der Waals surface area contributed by atoms with Crippen molar-refractivity contribution in [3.8, 4) is 0 Å². The van der Waals surface area contributed by atoms with E-state index in [0.717, 1.165) is 26.2 Å². The van der Waals surface area contributed by atoms with Crippen LogP contribution in [-0.2, 0) is 6.42 Å². The largest absolute Gasteiger partial charge is 0.309 e. The van der Waals surface area contributed by atoms with Crippen molar-refractivity contribution in [2.24, 2.45) is 0 Å². The maximum absolute atomic E-state index is 3.73. The van der Waals surface area contributed by atoms with Crippen LogP contribution in [0.15, 0.2) is 9.85 Å². The molecule has 1 aromatic rings. The predicted octanol–water partition coefficient (Wildman–Crippen LogP) is 3.82. The van der Waals surface area contributed by atoms with E-state index in [1.54, 1.807) is 4.88 Å². The Bertz CT molecular complexity index is 374. The second-order valence-corrected chi connectivity index (χ2v) is 7.37. The van der Waals surface area contributed by atoms with E-state index in [-0.39, 0.29) is 0 Å². The number of hydrogen-bond acceptors (Lipinski definition) is 3. The summed E-state index contributed by atoms with van der Waals surface area (Å²) in [6.07, 6.45) is 3.87. The van der Waals surface area contributed by atoms with Crippen molar-refractivity contribution >= 4 is 27.3 Å². The van der Waals surface area contributed by atoms with Crippen LogP contribution in [0.2, 0.25) is 0 Å². The van der Waals surface area contributed by atoms with Crippen LogP contribution in [0.5, 0.6) is 0 Å². The summed E-state index contributed by atoms with van der Waals surface area (Å²) >= 11 is 5.53. The molecule has 2 nitrogen and oxygen atoms in total. The highest BCUT2D eigenvalue weighted by molar-refractivity contribution is 9.11. The summed E-state index contributed by atoms with van der Waals surface area (Å²) in [5.74, 6) is 0. The van der Waals surface area contributed by atoms with Gasteiger partial charge in [0, 0.05) is 24.0 Å². The molecular formula is C14H23BrN2S. The summed E-state index contributed by atoms with van der Waals surface area (Å²) in [7, 11) is 0. The van der Waals surface area contributed by atoms with Crippen molar-refractivity contribution in [2.75, 3.05) is 26.2 Å². The Morgan fingerprint density at radius 1 is 1.44 bits per heavy atom. The van der Waals surface area contributed by atoms with Crippen LogP contribution < -0.4 is 5.32 Å². The van der Waals surface area contributed by atoms with Crippen molar-refractivity contribution in [1.29, 1.82) is 0 Å². The monoisotopic (exact) mass is 330 g/mol. The molecule has 102 valence electrons. The summed E-state index contributed by atoms with van der Waals surface area (Å²) in [5.41, 5.74) is 1.54. The molecule has 1 unspecified atom stereocenters. The van der Waals surface area contributed by atoms with Crippen LogP contribution in [0.4, 0.5) is 0 Å². The lowest BCUT2D eigenvalue weighted by atomic mass is 9.94. The third kappa shape index (κ3) is 3.56. The van der Waals surface area contributed by atoms with Gasteiger partial charge < -0.3 is 10.2 Å². The Morgan fingerprint density at radius 2 is 2.22 bits per heavy atom. The molecule has 4 heteroatoms. The molecule has 1 aromatic heterocycles. The van der Waals surface area contributed by atoms with Crippen molar-refractivity contribution in [3.05, 3.63) is 20.3 Å². The zero-order valence-electron chi connectivity index (χ0n) is 11.3. The Morgan fingerprint density at radius 3 is 2.94 bits per heavy atom. The Kier molecular flexibility index (Phi) is 5.67. The van der Waals surface area contributed by atoms with Crippen LogP contribution in [-0.4, -0.2) is 31.1 Å². The molecule has 18 heavy (non-hydrogen) atoms. The molecule has 1 heterocycles. The molecule has 1 aliphatic rings. The number of halogens is 1. The highest BCUT2D eigenvalue weighted by Gasteiger charge is 2.21. The smallest absolute Gasteiger partial charge is 0.0704 e. The molecule has 0 radical (unpaired) electrons. The minimum absolute atomic E-state index is 0.576. The molecule has 1 aliphatic carbocycles. The molecule has 0 aromatic carbocycles.